The number of carboxylic acids is 1. The lowest BCUT2D eigenvalue weighted by Gasteiger charge is -2.41. The third-order valence-electron chi connectivity index (χ3n) is 3.90. The molecule has 100 valence electrons. The Morgan fingerprint density at radius 1 is 1.11 bits per heavy atom. The molecule has 3 rings (SSSR count). The van der Waals surface area contributed by atoms with E-state index >= 15 is 0 Å². The molecule has 0 radical (unpaired) electrons. The Morgan fingerprint density at radius 3 is 2.47 bits per heavy atom. The zero-order chi connectivity index (χ0) is 13.4. The molecule has 2 amide bonds. The van der Waals surface area contributed by atoms with Gasteiger partial charge < -0.3 is 14.9 Å². The van der Waals surface area contributed by atoms with Crippen LogP contribution in [-0.4, -0.2) is 46.5 Å². The predicted octanol–water partition coefficient (Wildman–Crippen LogP) is 1.18. The molecular formula is C14H16N2O3. The molecule has 0 saturated carbocycles. The molecule has 1 aromatic rings. The summed E-state index contributed by atoms with van der Waals surface area (Å²) in [5, 5.41) is 8.82. The number of fused-ring (bicyclic) bond motifs is 1. The zero-order valence-electron chi connectivity index (χ0n) is 10.6. The van der Waals surface area contributed by atoms with Crippen LogP contribution in [0.1, 0.15) is 11.1 Å². The van der Waals surface area contributed by atoms with E-state index in [1.54, 1.807) is 9.80 Å². The first-order valence-corrected chi connectivity index (χ1v) is 6.48. The van der Waals surface area contributed by atoms with Crippen LogP contribution in [0.25, 0.3) is 0 Å². The summed E-state index contributed by atoms with van der Waals surface area (Å²) in [6.07, 6.45) is 0.873. The molecular weight excluding hydrogens is 244 g/mol. The van der Waals surface area contributed by atoms with Gasteiger partial charge in [0.2, 0.25) is 0 Å². The lowest BCUT2D eigenvalue weighted by atomic mass is 9.99. The number of hydrogen-bond donors (Lipinski definition) is 1. The average Bonchev–Trinajstić information content (AvgIpc) is 2.35. The molecule has 0 unspecified atom stereocenters. The van der Waals surface area contributed by atoms with Crippen LogP contribution in [0.5, 0.6) is 0 Å². The van der Waals surface area contributed by atoms with Crippen molar-refractivity contribution in [2.24, 2.45) is 5.92 Å². The number of benzene rings is 1. The van der Waals surface area contributed by atoms with Crippen LogP contribution in [0.3, 0.4) is 0 Å². The quantitative estimate of drug-likeness (QED) is 0.824. The molecule has 19 heavy (non-hydrogen) atoms. The number of rotatable bonds is 1. The van der Waals surface area contributed by atoms with Gasteiger partial charge in [-0.25, -0.2) is 4.79 Å². The number of carboxylic acid groups (broad SMARTS) is 1. The second-order valence-corrected chi connectivity index (χ2v) is 5.16. The summed E-state index contributed by atoms with van der Waals surface area (Å²) in [5.41, 5.74) is 2.50. The lowest BCUT2D eigenvalue weighted by molar-refractivity contribution is -0.146. The van der Waals surface area contributed by atoms with Gasteiger partial charge in [0.05, 0.1) is 5.92 Å². The topological polar surface area (TPSA) is 60.9 Å². The van der Waals surface area contributed by atoms with Crippen molar-refractivity contribution in [2.45, 2.75) is 13.0 Å². The van der Waals surface area contributed by atoms with Gasteiger partial charge in [0.15, 0.2) is 0 Å². The van der Waals surface area contributed by atoms with Crippen LogP contribution in [-0.2, 0) is 17.8 Å². The van der Waals surface area contributed by atoms with Gasteiger partial charge in [-0.1, -0.05) is 24.3 Å². The fourth-order valence-corrected chi connectivity index (χ4v) is 2.65. The van der Waals surface area contributed by atoms with Crippen molar-refractivity contribution < 1.29 is 14.7 Å². The smallest absolute Gasteiger partial charge is 0.320 e. The normalized spacial score (nSPS) is 18.7. The van der Waals surface area contributed by atoms with E-state index in [4.69, 9.17) is 5.11 Å². The van der Waals surface area contributed by atoms with E-state index in [9.17, 15) is 9.59 Å². The average molecular weight is 260 g/mol. The minimum atomic E-state index is -0.812. The molecule has 0 aliphatic carbocycles. The Morgan fingerprint density at radius 2 is 1.79 bits per heavy atom. The van der Waals surface area contributed by atoms with Crippen LogP contribution in [0.15, 0.2) is 24.3 Å². The van der Waals surface area contributed by atoms with Gasteiger partial charge >= 0.3 is 12.0 Å². The summed E-state index contributed by atoms with van der Waals surface area (Å²) in [6.45, 7) is 2.02. The van der Waals surface area contributed by atoms with Crippen molar-refractivity contribution in [1.82, 2.24) is 9.80 Å². The fourth-order valence-electron chi connectivity index (χ4n) is 2.65. The second kappa shape index (κ2) is 4.57. The number of likely N-dealkylation sites (tertiary alicyclic amines) is 1. The summed E-state index contributed by atoms with van der Waals surface area (Å²) in [6, 6.07) is 8.11. The van der Waals surface area contributed by atoms with Crippen LogP contribution in [0.4, 0.5) is 4.79 Å². The van der Waals surface area contributed by atoms with E-state index in [1.807, 2.05) is 18.2 Å². The minimum Gasteiger partial charge on any atom is -0.481 e. The highest BCUT2D eigenvalue weighted by atomic mass is 16.4. The molecule has 2 aliphatic rings. The van der Waals surface area contributed by atoms with Crippen molar-refractivity contribution in [3.8, 4) is 0 Å². The molecule has 1 fully saturated rings. The van der Waals surface area contributed by atoms with E-state index in [-0.39, 0.29) is 11.9 Å². The Hall–Kier alpha value is -2.04. The third kappa shape index (κ3) is 2.16. The molecule has 0 atom stereocenters. The van der Waals surface area contributed by atoms with Crippen LogP contribution in [0, 0.1) is 5.92 Å². The number of carbonyl (C=O) groups is 2. The molecule has 1 saturated heterocycles. The SMILES string of the molecule is O=C(O)C1CN(C(=O)N2CCc3ccccc3C2)C1. The highest BCUT2D eigenvalue weighted by molar-refractivity contribution is 5.80. The van der Waals surface area contributed by atoms with E-state index in [1.165, 1.54) is 11.1 Å². The van der Waals surface area contributed by atoms with Gasteiger partial charge in [0, 0.05) is 26.2 Å². The maximum absolute atomic E-state index is 12.2. The van der Waals surface area contributed by atoms with Gasteiger partial charge in [0.1, 0.15) is 0 Å². The monoisotopic (exact) mass is 260 g/mol. The molecule has 0 aromatic heterocycles. The molecule has 2 aliphatic heterocycles. The first kappa shape index (κ1) is 12.0. The lowest BCUT2D eigenvalue weighted by Crippen LogP contribution is -2.57. The molecule has 0 bridgehead atoms. The van der Waals surface area contributed by atoms with Gasteiger partial charge in [-0.3, -0.25) is 4.79 Å². The van der Waals surface area contributed by atoms with Crippen molar-refractivity contribution in [3.63, 3.8) is 0 Å². The number of amides is 2. The van der Waals surface area contributed by atoms with Gasteiger partial charge in [-0.15, -0.1) is 0 Å². The van der Waals surface area contributed by atoms with E-state index < -0.39 is 5.97 Å². The zero-order valence-corrected chi connectivity index (χ0v) is 10.6. The molecule has 1 aromatic carbocycles. The van der Waals surface area contributed by atoms with E-state index in [0.717, 1.165) is 6.42 Å². The molecule has 0 spiro atoms. The number of aliphatic carboxylic acids is 1. The molecule has 2 heterocycles. The molecule has 5 heteroatoms. The maximum atomic E-state index is 12.2. The Kier molecular flexibility index (Phi) is 2.89. The molecule has 1 N–H and O–H groups in total. The summed E-state index contributed by atoms with van der Waals surface area (Å²) in [4.78, 5) is 26.4. The number of carbonyl (C=O) groups excluding carboxylic acids is 1. The van der Waals surface area contributed by atoms with Gasteiger partial charge in [-0.05, 0) is 17.5 Å². The first-order valence-electron chi connectivity index (χ1n) is 6.48. The first-order chi connectivity index (χ1) is 9.15. The van der Waals surface area contributed by atoms with Crippen LogP contribution >= 0.6 is 0 Å². The van der Waals surface area contributed by atoms with Gasteiger partial charge in [0.25, 0.3) is 0 Å². The molecule has 5 nitrogen and oxygen atoms in total. The Bertz CT molecular complexity index is 523. The maximum Gasteiger partial charge on any atom is 0.320 e. The Balaban J connectivity index is 1.63. The van der Waals surface area contributed by atoms with E-state index in [0.29, 0.717) is 26.2 Å². The minimum absolute atomic E-state index is 0.0352. The summed E-state index contributed by atoms with van der Waals surface area (Å²) in [7, 11) is 0. The largest absolute Gasteiger partial charge is 0.481 e. The number of urea groups is 1. The van der Waals surface area contributed by atoms with Crippen molar-refractivity contribution in [3.05, 3.63) is 35.4 Å². The van der Waals surface area contributed by atoms with Gasteiger partial charge in [-0.2, -0.15) is 0 Å². The standard InChI is InChI=1S/C14H16N2O3/c17-13(18)12-8-16(9-12)14(19)15-6-5-10-3-1-2-4-11(10)7-15/h1-4,12H,5-9H2,(H,17,18). The van der Waals surface area contributed by atoms with Crippen LogP contribution in [0.2, 0.25) is 0 Å². The second-order valence-electron chi connectivity index (χ2n) is 5.16. The van der Waals surface area contributed by atoms with Crippen molar-refractivity contribution in [2.75, 3.05) is 19.6 Å². The summed E-state index contributed by atoms with van der Waals surface area (Å²) >= 11 is 0. The highest BCUT2D eigenvalue weighted by Gasteiger charge is 2.38. The predicted molar refractivity (Wildman–Crippen MR) is 68.7 cm³/mol. The van der Waals surface area contributed by atoms with Crippen molar-refractivity contribution in [1.29, 1.82) is 0 Å². The highest BCUT2D eigenvalue weighted by Crippen LogP contribution is 2.23. The Labute approximate surface area is 111 Å². The van der Waals surface area contributed by atoms with Crippen molar-refractivity contribution >= 4 is 12.0 Å². The van der Waals surface area contributed by atoms with E-state index in [2.05, 4.69) is 6.07 Å². The number of hydrogen-bond acceptors (Lipinski definition) is 2. The third-order valence-corrected chi connectivity index (χ3v) is 3.90. The summed E-state index contributed by atoms with van der Waals surface area (Å²) in [5.74, 6) is -1.20. The number of nitrogens with zero attached hydrogens (tertiary/aromatic N) is 2. The van der Waals surface area contributed by atoms with Crippen LogP contribution < -0.4 is 0 Å². The summed E-state index contributed by atoms with van der Waals surface area (Å²) < 4.78 is 0. The fraction of sp³-hybridized carbons (Fsp3) is 0.429.